The molecule has 20 heavy (non-hydrogen) atoms. The summed E-state index contributed by atoms with van der Waals surface area (Å²) in [6, 6.07) is 6.12. The molecule has 0 aromatic heterocycles. The van der Waals surface area contributed by atoms with E-state index in [4.69, 9.17) is 10.00 Å². The van der Waals surface area contributed by atoms with Crippen LogP contribution >= 0.6 is 0 Å². The summed E-state index contributed by atoms with van der Waals surface area (Å²) in [6.45, 7) is 6.34. The van der Waals surface area contributed by atoms with Crippen LogP contribution in [0.4, 0.5) is 4.39 Å². The predicted octanol–water partition coefficient (Wildman–Crippen LogP) is 2.25. The van der Waals surface area contributed by atoms with Gasteiger partial charge in [-0.2, -0.15) is 5.26 Å². The van der Waals surface area contributed by atoms with Crippen LogP contribution in [0.25, 0.3) is 0 Å². The van der Waals surface area contributed by atoms with Crippen molar-refractivity contribution in [3.05, 3.63) is 47.8 Å². The lowest BCUT2D eigenvalue weighted by atomic mass is 10.1. The molecule has 0 heterocycles. The molecule has 4 nitrogen and oxygen atoms in total. The minimum atomic E-state index is -0.401. The van der Waals surface area contributed by atoms with Gasteiger partial charge in [0.2, 0.25) is 0 Å². The first-order valence-corrected chi connectivity index (χ1v) is 6.28. The van der Waals surface area contributed by atoms with Gasteiger partial charge in [-0.1, -0.05) is 6.08 Å². The average Bonchev–Trinajstić information content (AvgIpc) is 2.41. The molecule has 0 aliphatic heterocycles. The van der Waals surface area contributed by atoms with Gasteiger partial charge in [0.1, 0.15) is 5.82 Å². The standard InChI is InChI=1S/C15H17FN2O2/c1-3-7-18(11-15(19)20-4-2)10-13-8-12(9-17)5-6-14(13)16/h3,5-6,8H,1,4,7,10-11H2,2H3. The Labute approximate surface area is 118 Å². The fraction of sp³-hybridized carbons (Fsp3) is 0.333. The van der Waals surface area contributed by atoms with Gasteiger partial charge in [-0.25, -0.2) is 4.39 Å². The normalized spacial score (nSPS) is 10.1. The first-order valence-electron chi connectivity index (χ1n) is 6.28. The molecule has 1 rings (SSSR count). The zero-order valence-electron chi connectivity index (χ0n) is 11.4. The van der Waals surface area contributed by atoms with Gasteiger partial charge in [0.25, 0.3) is 0 Å². The molecule has 106 valence electrons. The van der Waals surface area contributed by atoms with Crippen molar-refractivity contribution >= 4 is 5.97 Å². The van der Waals surface area contributed by atoms with Gasteiger partial charge in [0.15, 0.2) is 0 Å². The van der Waals surface area contributed by atoms with Crippen LogP contribution in [0.1, 0.15) is 18.1 Å². The Kier molecular flexibility index (Phi) is 6.41. The number of benzene rings is 1. The topological polar surface area (TPSA) is 53.3 Å². The molecule has 0 N–H and O–H groups in total. The molecule has 0 fully saturated rings. The predicted molar refractivity (Wildman–Crippen MR) is 73.2 cm³/mol. The number of esters is 1. The quantitative estimate of drug-likeness (QED) is 0.566. The molecule has 0 spiro atoms. The van der Waals surface area contributed by atoms with Crippen molar-refractivity contribution in [2.75, 3.05) is 19.7 Å². The van der Waals surface area contributed by atoms with Gasteiger partial charge in [0, 0.05) is 18.7 Å². The van der Waals surface area contributed by atoms with Gasteiger partial charge in [-0.3, -0.25) is 9.69 Å². The molecule has 5 heteroatoms. The van der Waals surface area contributed by atoms with Crippen LogP contribution in [0.15, 0.2) is 30.9 Å². The van der Waals surface area contributed by atoms with Crippen molar-refractivity contribution in [1.82, 2.24) is 4.90 Å². The van der Waals surface area contributed by atoms with E-state index >= 15 is 0 Å². The van der Waals surface area contributed by atoms with Crippen LogP contribution < -0.4 is 0 Å². The van der Waals surface area contributed by atoms with E-state index < -0.39 is 5.82 Å². The van der Waals surface area contributed by atoms with Crippen LogP contribution in [0.5, 0.6) is 0 Å². The molecule has 0 unspecified atom stereocenters. The molecule has 0 saturated carbocycles. The summed E-state index contributed by atoms with van der Waals surface area (Å²) in [4.78, 5) is 13.2. The maximum absolute atomic E-state index is 13.7. The highest BCUT2D eigenvalue weighted by Gasteiger charge is 2.13. The van der Waals surface area contributed by atoms with E-state index in [0.29, 0.717) is 24.3 Å². The second-order valence-electron chi connectivity index (χ2n) is 4.18. The van der Waals surface area contributed by atoms with Crippen molar-refractivity contribution in [1.29, 1.82) is 5.26 Å². The van der Waals surface area contributed by atoms with Gasteiger partial charge in [-0.05, 0) is 25.1 Å². The first kappa shape index (κ1) is 15.9. The number of hydrogen-bond donors (Lipinski definition) is 0. The highest BCUT2D eigenvalue weighted by molar-refractivity contribution is 5.71. The Morgan fingerprint density at radius 2 is 2.35 bits per heavy atom. The lowest BCUT2D eigenvalue weighted by Gasteiger charge is -2.20. The summed E-state index contributed by atoms with van der Waals surface area (Å²) in [5.41, 5.74) is 0.756. The van der Waals surface area contributed by atoms with E-state index in [0.717, 1.165) is 0 Å². The van der Waals surface area contributed by atoms with E-state index in [9.17, 15) is 9.18 Å². The minimum Gasteiger partial charge on any atom is -0.465 e. The summed E-state index contributed by atoms with van der Waals surface area (Å²) < 4.78 is 18.6. The van der Waals surface area contributed by atoms with E-state index in [1.807, 2.05) is 6.07 Å². The Morgan fingerprint density at radius 1 is 1.60 bits per heavy atom. The summed E-state index contributed by atoms with van der Waals surface area (Å²) in [7, 11) is 0. The number of nitrogens with zero attached hydrogens (tertiary/aromatic N) is 2. The third kappa shape index (κ3) is 4.82. The van der Waals surface area contributed by atoms with Crippen LogP contribution in [0.2, 0.25) is 0 Å². The maximum atomic E-state index is 13.7. The lowest BCUT2D eigenvalue weighted by molar-refractivity contribution is -0.144. The van der Waals surface area contributed by atoms with E-state index in [1.165, 1.54) is 18.2 Å². The molecule has 1 aromatic rings. The Balaban J connectivity index is 2.82. The van der Waals surface area contributed by atoms with Crippen molar-refractivity contribution in [3.8, 4) is 6.07 Å². The molecule has 0 aliphatic carbocycles. The number of carbonyl (C=O) groups is 1. The summed E-state index contributed by atoms with van der Waals surface area (Å²) in [6.07, 6.45) is 1.63. The number of ether oxygens (including phenoxy) is 1. The fourth-order valence-corrected chi connectivity index (χ4v) is 1.76. The summed E-state index contributed by atoms with van der Waals surface area (Å²) in [5, 5.41) is 8.83. The highest BCUT2D eigenvalue weighted by atomic mass is 19.1. The Morgan fingerprint density at radius 3 is 2.95 bits per heavy atom. The fourth-order valence-electron chi connectivity index (χ4n) is 1.76. The van der Waals surface area contributed by atoms with Crippen LogP contribution in [0.3, 0.4) is 0 Å². The summed E-state index contributed by atoms with van der Waals surface area (Å²) in [5.74, 6) is -0.770. The van der Waals surface area contributed by atoms with Gasteiger partial charge in [0.05, 0.1) is 24.8 Å². The molecule has 0 radical (unpaired) electrons. The zero-order chi connectivity index (χ0) is 15.0. The number of halogens is 1. The first-order chi connectivity index (χ1) is 9.60. The second kappa shape index (κ2) is 8.08. The monoisotopic (exact) mass is 276 g/mol. The number of nitriles is 1. The molecule has 0 atom stereocenters. The van der Waals surface area contributed by atoms with Crippen LogP contribution in [-0.2, 0) is 16.1 Å². The lowest BCUT2D eigenvalue weighted by Crippen LogP contribution is -2.31. The van der Waals surface area contributed by atoms with Gasteiger partial charge < -0.3 is 4.74 Å². The Bertz CT molecular complexity index is 523. The highest BCUT2D eigenvalue weighted by Crippen LogP contribution is 2.13. The van der Waals surface area contributed by atoms with E-state index in [-0.39, 0.29) is 19.1 Å². The largest absolute Gasteiger partial charge is 0.465 e. The van der Waals surface area contributed by atoms with Crippen molar-refractivity contribution in [3.63, 3.8) is 0 Å². The molecule has 0 aliphatic rings. The van der Waals surface area contributed by atoms with E-state index in [1.54, 1.807) is 17.9 Å². The van der Waals surface area contributed by atoms with Gasteiger partial charge >= 0.3 is 5.97 Å². The van der Waals surface area contributed by atoms with Crippen molar-refractivity contribution in [2.45, 2.75) is 13.5 Å². The van der Waals surface area contributed by atoms with Crippen molar-refractivity contribution < 1.29 is 13.9 Å². The minimum absolute atomic E-state index is 0.0517. The Hall–Kier alpha value is -2.19. The molecular weight excluding hydrogens is 259 g/mol. The van der Waals surface area contributed by atoms with Crippen molar-refractivity contribution in [2.24, 2.45) is 0 Å². The van der Waals surface area contributed by atoms with Crippen LogP contribution in [0, 0.1) is 17.1 Å². The number of hydrogen-bond acceptors (Lipinski definition) is 4. The average molecular weight is 276 g/mol. The molecule has 1 aromatic carbocycles. The third-order valence-corrected chi connectivity index (χ3v) is 2.61. The van der Waals surface area contributed by atoms with E-state index in [2.05, 4.69) is 6.58 Å². The third-order valence-electron chi connectivity index (χ3n) is 2.61. The maximum Gasteiger partial charge on any atom is 0.320 e. The number of carbonyl (C=O) groups excluding carboxylic acids is 1. The zero-order valence-corrected chi connectivity index (χ0v) is 11.4. The SMILES string of the molecule is C=CCN(CC(=O)OCC)Cc1cc(C#N)ccc1F. The molecule has 0 amide bonds. The van der Waals surface area contributed by atoms with Gasteiger partial charge in [-0.15, -0.1) is 6.58 Å². The second-order valence-corrected chi connectivity index (χ2v) is 4.18. The summed E-state index contributed by atoms with van der Waals surface area (Å²) >= 11 is 0. The molecular formula is C15H17FN2O2. The number of rotatable bonds is 7. The molecule has 0 saturated heterocycles. The molecule has 0 bridgehead atoms. The van der Waals surface area contributed by atoms with Crippen LogP contribution in [-0.4, -0.2) is 30.6 Å². The smallest absolute Gasteiger partial charge is 0.320 e.